The molecule has 0 saturated carbocycles. The summed E-state index contributed by atoms with van der Waals surface area (Å²) in [6.45, 7) is 7.17. The number of carbonyl (C=O) groups is 4. The minimum Gasteiger partial charge on any atom is -0.462 e. The Bertz CT molecular complexity index is 1770. The molecular weight excluding hydrogens is 1210 g/mol. The number of carbonyl (C=O) groups excluding carboxylic acids is 4. The lowest BCUT2D eigenvalue weighted by Crippen LogP contribution is -2.30. The second-order valence-corrected chi connectivity index (χ2v) is 29.7. The zero-order valence-corrected chi connectivity index (χ0v) is 61.5. The number of esters is 4. The van der Waals surface area contributed by atoms with Crippen molar-refractivity contribution in [3.05, 3.63) is 0 Å². The van der Waals surface area contributed by atoms with E-state index in [9.17, 15) is 43.2 Å². The second kappa shape index (κ2) is 66.3. The molecule has 5 atom stereocenters. The third-order valence-corrected chi connectivity index (χ3v) is 18.9. The van der Waals surface area contributed by atoms with Gasteiger partial charge in [0.15, 0.2) is 12.2 Å². The van der Waals surface area contributed by atoms with Gasteiger partial charge in [-0.15, -0.1) is 0 Å². The molecule has 2 unspecified atom stereocenters. The predicted octanol–water partition coefficient (Wildman–Crippen LogP) is 21.3. The maximum Gasteiger partial charge on any atom is 0.472 e. The van der Waals surface area contributed by atoms with Crippen molar-refractivity contribution < 1.29 is 80.2 Å². The van der Waals surface area contributed by atoms with E-state index in [-0.39, 0.29) is 25.7 Å². The van der Waals surface area contributed by atoms with Crippen LogP contribution in [0.2, 0.25) is 0 Å². The molecule has 0 aliphatic carbocycles. The van der Waals surface area contributed by atoms with Gasteiger partial charge >= 0.3 is 39.5 Å². The molecule has 19 heteroatoms. The first-order valence-corrected chi connectivity index (χ1v) is 41.1. The van der Waals surface area contributed by atoms with Crippen LogP contribution in [0, 0.1) is 5.92 Å². The number of phosphoric ester groups is 2. The van der Waals surface area contributed by atoms with Gasteiger partial charge in [-0.2, -0.15) is 0 Å². The quantitative estimate of drug-likeness (QED) is 0.0222. The molecule has 0 aliphatic rings. The monoisotopic (exact) mass is 1350 g/mol. The Labute approximate surface area is 562 Å². The van der Waals surface area contributed by atoms with Crippen molar-refractivity contribution in [3.8, 4) is 0 Å². The topological polar surface area (TPSA) is 237 Å². The minimum absolute atomic E-state index is 0.104. The highest BCUT2D eigenvalue weighted by molar-refractivity contribution is 7.47. The summed E-state index contributed by atoms with van der Waals surface area (Å²) in [7, 11) is -9.90. The molecule has 0 heterocycles. The van der Waals surface area contributed by atoms with Crippen LogP contribution in [0.4, 0.5) is 0 Å². The van der Waals surface area contributed by atoms with Crippen LogP contribution < -0.4 is 0 Å². The summed E-state index contributed by atoms with van der Waals surface area (Å²) in [5.74, 6) is -1.43. The minimum atomic E-state index is -4.95. The van der Waals surface area contributed by atoms with Crippen LogP contribution in [-0.2, 0) is 65.4 Å². The standard InChI is InChI=1S/C73H142O17P2/c1-6-9-12-15-18-21-23-25-26-27-28-29-30-31-32-34-36-38-43-48-53-58-72(77)89-68(63-84-71(76)57-52-47-42-37-35-33-24-22-19-16-13-10-7-2)64-87-91(79,80)85-60-67(74)61-86-92(81,82)88-65-69(62-83-70(75)56-51-46-41-20-17-14-11-8-3)90-73(78)59-54-49-44-39-40-45-50-55-66(4)5/h66-69,74H,6-65H2,1-5H3,(H,79,80)(H,81,82)/t67-,68-,69-/m1/s1. The number of hydrogen-bond donors (Lipinski definition) is 3. The molecule has 17 nitrogen and oxygen atoms in total. The van der Waals surface area contributed by atoms with Crippen molar-refractivity contribution in [3.63, 3.8) is 0 Å². The van der Waals surface area contributed by atoms with Crippen LogP contribution >= 0.6 is 15.6 Å². The van der Waals surface area contributed by atoms with E-state index in [2.05, 4.69) is 34.6 Å². The van der Waals surface area contributed by atoms with Gasteiger partial charge in [0.25, 0.3) is 0 Å². The van der Waals surface area contributed by atoms with Crippen molar-refractivity contribution in [2.24, 2.45) is 5.92 Å². The van der Waals surface area contributed by atoms with Gasteiger partial charge in [0.2, 0.25) is 0 Å². The number of rotatable bonds is 73. The Balaban J connectivity index is 5.16. The van der Waals surface area contributed by atoms with Crippen LogP contribution in [0.3, 0.4) is 0 Å². The van der Waals surface area contributed by atoms with E-state index in [1.165, 1.54) is 199 Å². The number of phosphoric acid groups is 2. The fourth-order valence-electron chi connectivity index (χ4n) is 11.2. The van der Waals surface area contributed by atoms with Crippen LogP contribution in [0.25, 0.3) is 0 Å². The first-order valence-electron chi connectivity index (χ1n) is 38.1. The molecule has 0 amide bonds. The summed E-state index contributed by atoms with van der Waals surface area (Å²) in [4.78, 5) is 72.5. The molecule has 0 saturated heterocycles. The van der Waals surface area contributed by atoms with Crippen molar-refractivity contribution >= 4 is 39.5 Å². The van der Waals surface area contributed by atoms with Crippen LogP contribution in [0.1, 0.15) is 381 Å². The second-order valence-electron chi connectivity index (χ2n) is 26.8. The molecule has 0 radical (unpaired) electrons. The number of unbranched alkanes of at least 4 members (excludes halogenated alkanes) is 45. The molecule has 0 bridgehead atoms. The first kappa shape index (κ1) is 90.1. The molecular formula is C73H142O17P2. The lowest BCUT2D eigenvalue weighted by atomic mass is 10.0. The van der Waals surface area contributed by atoms with Crippen molar-refractivity contribution in [1.82, 2.24) is 0 Å². The van der Waals surface area contributed by atoms with Gasteiger partial charge in [-0.3, -0.25) is 37.3 Å². The molecule has 0 aromatic rings. The molecule has 0 aromatic heterocycles. The zero-order chi connectivity index (χ0) is 67.7. The first-order chi connectivity index (χ1) is 44.5. The van der Waals surface area contributed by atoms with E-state index in [0.717, 1.165) is 96.3 Å². The van der Waals surface area contributed by atoms with Gasteiger partial charge in [-0.1, -0.05) is 330 Å². The van der Waals surface area contributed by atoms with E-state index in [4.69, 9.17) is 37.0 Å². The van der Waals surface area contributed by atoms with Crippen LogP contribution in [0.5, 0.6) is 0 Å². The lowest BCUT2D eigenvalue weighted by Gasteiger charge is -2.21. The fourth-order valence-corrected chi connectivity index (χ4v) is 12.8. The molecule has 546 valence electrons. The third kappa shape index (κ3) is 66.7. The SMILES string of the molecule is CCCCCCCCCCCCCCCCCCCCCCCC(=O)O[C@H](COC(=O)CCCCCCCCCCCCCCC)COP(=O)(O)OC[C@@H](O)COP(=O)(O)OC[C@@H](COC(=O)CCCCCCCCCC)OC(=O)CCCCCCCCCC(C)C. The maximum absolute atomic E-state index is 13.1. The number of aliphatic hydroxyl groups is 1. The Morgan fingerprint density at radius 2 is 0.500 bits per heavy atom. The third-order valence-electron chi connectivity index (χ3n) is 17.0. The average Bonchev–Trinajstić information content (AvgIpc) is 3.44. The van der Waals surface area contributed by atoms with Crippen molar-refractivity contribution in [2.75, 3.05) is 39.6 Å². The summed E-state index contributed by atoms with van der Waals surface area (Å²) in [5, 5.41) is 10.6. The van der Waals surface area contributed by atoms with Gasteiger partial charge in [0, 0.05) is 25.7 Å². The largest absolute Gasteiger partial charge is 0.472 e. The van der Waals surface area contributed by atoms with Crippen molar-refractivity contribution in [2.45, 2.75) is 400 Å². The Morgan fingerprint density at radius 3 is 0.739 bits per heavy atom. The average molecular weight is 1350 g/mol. The summed E-state index contributed by atoms with van der Waals surface area (Å²) in [6.07, 6.45) is 54.4. The Hall–Kier alpha value is -1.94. The van der Waals surface area contributed by atoms with Gasteiger partial charge in [0.1, 0.15) is 19.3 Å². The van der Waals surface area contributed by atoms with E-state index in [1.54, 1.807) is 0 Å². The van der Waals surface area contributed by atoms with E-state index >= 15 is 0 Å². The number of ether oxygens (including phenoxy) is 4. The van der Waals surface area contributed by atoms with Crippen molar-refractivity contribution in [1.29, 1.82) is 0 Å². The number of hydrogen-bond acceptors (Lipinski definition) is 15. The fraction of sp³-hybridized carbons (Fsp3) is 0.945. The van der Waals surface area contributed by atoms with Gasteiger partial charge < -0.3 is 33.8 Å². The highest BCUT2D eigenvalue weighted by atomic mass is 31.2. The van der Waals surface area contributed by atoms with Gasteiger partial charge in [-0.05, 0) is 31.6 Å². The molecule has 0 spiro atoms. The molecule has 0 rings (SSSR count). The summed E-state index contributed by atoms with van der Waals surface area (Å²) in [6, 6.07) is 0. The van der Waals surface area contributed by atoms with Gasteiger partial charge in [-0.25, -0.2) is 9.13 Å². The normalized spacial score (nSPS) is 14.0. The van der Waals surface area contributed by atoms with Crippen LogP contribution in [-0.4, -0.2) is 96.7 Å². The summed E-state index contributed by atoms with van der Waals surface area (Å²) >= 11 is 0. The highest BCUT2D eigenvalue weighted by Gasteiger charge is 2.30. The lowest BCUT2D eigenvalue weighted by molar-refractivity contribution is -0.161. The Kier molecular flexibility index (Phi) is 64.9. The highest BCUT2D eigenvalue weighted by Crippen LogP contribution is 2.45. The van der Waals surface area contributed by atoms with E-state index in [0.29, 0.717) is 31.6 Å². The molecule has 92 heavy (non-hydrogen) atoms. The summed E-state index contributed by atoms with van der Waals surface area (Å²) in [5.41, 5.74) is 0. The molecule has 3 N–H and O–H groups in total. The van der Waals surface area contributed by atoms with Crippen LogP contribution in [0.15, 0.2) is 0 Å². The number of aliphatic hydroxyl groups excluding tert-OH is 1. The maximum atomic E-state index is 13.1. The summed E-state index contributed by atoms with van der Waals surface area (Å²) < 4.78 is 68.3. The predicted molar refractivity (Wildman–Crippen MR) is 372 cm³/mol. The zero-order valence-electron chi connectivity index (χ0n) is 59.7. The molecule has 0 aliphatic heterocycles. The molecule has 0 fully saturated rings. The van der Waals surface area contributed by atoms with E-state index < -0.39 is 97.5 Å². The Morgan fingerprint density at radius 1 is 0.293 bits per heavy atom. The van der Waals surface area contributed by atoms with Gasteiger partial charge in [0.05, 0.1) is 26.4 Å². The van der Waals surface area contributed by atoms with E-state index in [1.807, 2.05) is 0 Å². The smallest absolute Gasteiger partial charge is 0.462 e. The molecule has 0 aromatic carbocycles.